The molecule has 0 saturated heterocycles. The largest absolute Gasteiger partial charge is 0.310 e. The molecule has 6 aromatic rings. The zero-order valence-electron chi connectivity index (χ0n) is 20.3. The molecule has 0 bridgehead atoms. The number of rotatable bonds is 3. The maximum absolute atomic E-state index is 7.89. The number of fused-ring (bicyclic) bond motifs is 3. The van der Waals surface area contributed by atoms with Gasteiger partial charge >= 0.3 is 0 Å². The molecule has 6 heteroatoms. The fourth-order valence-corrected chi connectivity index (χ4v) is 4.86. The van der Waals surface area contributed by atoms with Crippen LogP contribution < -0.4 is 0 Å². The molecule has 0 aliphatic heterocycles. The first-order valence-corrected chi connectivity index (χ1v) is 11.8. The van der Waals surface area contributed by atoms with E-state index >= 15 is 0 Å². The molecule has 0 unspecified atom stereocenters. The molecule has 6 rings (SSSR count). The Morgan fingerprint density at radius 2 is 1.41 bits per heavy atom. The fraction of sp³-hybridized carbons (Fsp3) is 0.0645. The summed E-state index contributed by atoms with van der Waals surface area (Å²) in [6.45, 7) is 18.9. The van der Waals surface area contributed by atoms with Crippen LogP contribution >= 0.6 is 0 Å². The highest BCUT2D eigenvalue weighted by molar-refractivity contribution is 6.10. The van der Waals surface area contributed by atoms with Crippen LogP contribution in [0.3, 0.4) is 0 Å². The van der Waals surface area contributed by atoms with Gasteiger partial charge in [0.05, 0.1) is 24.2 Å². The second kappa shape index (κ2) is 8.71. The Hall–Kier alpha value is -5.33. The Morgan fingerprint density at radius 1 is 0.649 bits per heavy atom. The van der Waals surface area contributed by atoms with Crippen LogP contribution in [-0.4, -0.2) is 19.5 Å². The van der Waals surface area contributed by atoms with E-state index in [9.17, 15) is 0 Å². The first-order chi connectivity index (χ1) is 18.1. The lowest BCUT2D eigenvalue weighted by Gasteiger charge is -2.12. The minimum absolute atomic E-state index is 0.481. The smallest absolute Gasteiger partial charge is 0.200 e. The quantitative estimate of drug-likeness (QED) is 0.243. The summed E-state index contributed by atoms with van der Waals surface area (Å²) < 4.78 is 2.19. The zero-order chi connectivity index (χ0) is 25.5. The van der Waals surface area contributed by atoms with E-state index in [0.29, 0.717) is 34.4 Å². The number of hydrogen-bond donors (Lipinski definition) is 0. The molecule has 0 radical (unpaired) electrons. The van der Waals surface area contributed by atoms with Crippen LogP contribution in [0.15, 0.2) is 84.9 Å². The number of aryl methyl sites for hydroxylation is 2. The molecule has 6 nitrogen and oxygen atoms in total. The minimum Gasteiger partial charge on any atom is -0.310 e. The van der Waals surface area contributed by atoms with Gasteiger partial charge in [-0.1, -0.05) is 54.6 Å². The maximum Gasteiger partial charge on any atom is 0.200 e. The molecule has 174 valence electrons. The summed E-state index contributed by atoms with van der Waals surface area (Å²) in [7, 11) is 0. The first-order valence-electron chi connectivity index (χ1n) is 11.8. The number of para-hydroxylation sites is 1. The van der Waals surface area contributed by atoms with Crippen molar-refractivity contribution in [1.82, 2.24) is 19.5 Å². The van der Waals surface area contributed by atoms with E-state index in [-0.39, 0.29) is 0 Å². The van der Waals surface area contributed by atoms with Crippen molar-refractivity contribution in [1.29, 1.82) is 0 Å². The van der Waals surface area contributed by atoms with Gasteiger partial charge in [-0.15, -0.1) is 0 Å². The SMILES string of the molecule is [C-]#[N+]c1cccc(-c2ccc3c4ccccc4n(-c4ccc(-c5nc(C)nc(C)n5)c([N+]#[C-])c4)c3c2)c1. The molecule has 2 heterocycles. The van der Waals surface area contributed by atoms with Crippen LogP contribution in [-0.2, 0) is 0 Å². The third kappa shape index (κ3) is 3.78. The van der Waals surface area contributed by atoms with Crippen molar-refractivity contribution in [3.63, 3.8) is 0 Å². The minimum atomic E-state index is 0.481. The van der Waals surface area contributed by atoms with Gasteiger partial charge in [0.2, 0.25) is 0 Å². The van der Waals surface area contributed by atoms with Crippen LogP contribution in [0.1, 0.15) is 11.6 Å². The van der Waals surface area contributed by atoms with Crippen LogP contribution in [0, 0.1) is 27.0 Å². The second-order valence-corrected chi connectivity index (χ2v) is 8.81. The Balaban J connectivity index is 1.59. The summed E-state index contributed by atoms with van der Waals surface area (Å²) in [5.74, 6) is 1.76. The van der Waals surface area contributed by atoms with E-state index in [0.717, 1.165) is 38.6 Å². The number of aromatic nitrogens is 4. The van der Waals surface area contributed by atoms with Crippen LogP contribution in [0.25, 0.3) is 59.7 Å². The predicted molar refractivity (Wildman–Crippen MR) is 147 cm³/mol. The van der Waals surface area contributed by atoms with Gasteiger partial charge in [-0.2, -0.15) is 0 Å². The van der Waals surface area contributed by atoms with E-state index in [4.69, 9.17) is 13.1 Å². The molecule has 0 N–H and O–H groups in total. The van der Waals surface area contributed by atoms with Crippen molar-refractivity contribution in [2.45, 2.75) is 13.8 Å². The summed E-state index contributed by atoms with van der Waals surface area (Å²) in [4.78, 5) is 20.6. The standard InChI is InChI=1S/C31H20N6/c1-19-34-20(2)36-31(35-19)27-15-13-24(18-28(27)33-4)37-29-11-6-5-10-25(29)26-14-12-22(17-30(26)37)21-8-7-9-23(16-21)32-3/h5-18H,1-2H3. The summed E-state index contributed by atoms with van der Waals surface area (Å²) >= 11 is 0. The molecular formula is C31H20N6. The number of nitrogens with zero attached hydrogens (tertiary/aromatic N) is 6. The third-order valence-electron chi connectivity index (χ3n) is 6.44. The molecule has 2 aromatic heterocycles. The Morgan fingerprint density at radius 3 is 2.19 bits per heavy atom. The molecule has 37 heavy (non-hydrogen) atoms. The van der Waals surface area contributed by atoms with Gasteiger partial charge in [0.1, 0.15) is 11.6 Å². The summed E-state index contributed by atoms with van der Waals surface area (Å²) in [6, 6.07) is 28.1. The molecular weight excluding hydrogens is 456 g/mol. The van der Waals surface area contributed by atoms with Crippen molar-refractivity contribution in [3.05, 3.63) is 119 Å². The van der Waals surface area contributed by atoms with Crippen molar-refractivity contribution in [3.8, 4) is 28.2 Å². The average Bonchev–Trinajstić information content (AvgIpc) is 3.26. The van der Waals surface area contributed by atoms with Gasteiger partial charge in [-0.25, -0.2) is 24.6 Å². The highest BCUT2D eigenvalue weighted by Crippen LogP contribution is 2.37. The monoisotopic (exact) mass is 476 g/mol. The van der Waals surface area contributed by atoms with Crippen molar-refractivity contribution in [2.75, 3.05) is 0 Å². The molecule has 0 aliphatic carbocycles. The Labute approximate surface area is 214 Å². The molecule has 0 saturated carbocycles. The third-order valence-corrected chi connectivity index (χ3v) is 6.44. The zero-order valence-corrected chi connectivity index (χ0v) is 20.3. The van der Waals surface area contributed by atoms with Crippen molar-refractivity contribution >= 4 is 33.2 Å². The van der Waals surface area contributed by atoms with Gasteiger partial charge in [0.15, 0.2) is 17.2 Å². The highest BCUT2D eigenvalue weighted by Gasteiger charge is 2.16. The van der Waals surface area contributed by atoms with E-state index in [2.05, 4.69) is 59.5 Å². The summed E-state index contributed by atoms with van der Waals surface area (Å²) in [5, 5.41) is 2.26. The maximum atomic E-state index is 7.89. The van der Waals surface area contributed by atoms with Crippen LogP contribution in [0.4, 0.5) is 11.4 Å². The normalized spacial score (nSPS) is 10.9. The lowest BCUT2D eigenvalue weighted by molar-refractivity contribution is 0.929. The van der Waals surface area contributed by atoms with Gasteiger partial charge in [0.25, 0.3) is 0 Å². The fourth-order valence-electron chi connectivity index (χ4n) is 4.86. The van der Waals surface area contributed by atoms with E-state index in [1.807, 2.05) is 68.4 Å². The van der Waals surface area contributed by atoms with Crippen molar-refractivity contribution in [2.24, 2.45) is 0 Å². The van der Waals surface area contributed by atoms with Gasteiger partial charge in [0, 0.05) is 22.0 Å². The van der Waals surface area contributed by atoms with E-state index < -0.39 is 0 Å². The van der Waals surface area contributed by atoms with E-state index in [1.54, 1.807) is 0 Å². The van der Waals surface area contributed by atoms with E-state index in [1.165, 1.54) is 0 Å². The molecule has 0 amide bonds. The Bertz CT molecular complexity index is 1910. The van der Waals surface area contributed by atoms with Crippen LogP contribution in [0.2, 0.25) is 0 Å². The first kappa shape index (κ1) is 22.2. The number of hydrogen-bond acceptors (Lipinski definition) is 3. The summed E-state index contributed by atoms with van der Waals surface area (Å²) in [5.41, 5.74) is 6.77. The van der Waals surface area contributed by atoms with Crippen LogP contribution in [0.5, 0.6) is 0 Å². The second-order valence-electron chi connectivity index (χ2n) is 8.81. The molecule has 0 fully saturated rings. The average molecular weight is 477 g/mol. The van der Waals surface area contributed by atoms with Gasteiger partial charge < -0.3 is 4.57 Å². The molecule has 0 atom stereocenters. The topological polar surface area (TPSA) is 52.3 Å². The molecule has 0 spiro atoms. The molecule has 0 aliphatic rings. The van der Waals surface area contributed by atoms with Gasteiger partial charge in [-0.05, 0) is 55.3 Å². The van der Waals surface area contributed by atoms with Crippen molar-refractivity contribution < 1.29 is 0 Å². The highest BCUT2D eigenvalue weighted by atomic mass is 15.0. The van der Waals surface area contributed by atoms with Gasteiger partial charge in [-0.3, -0.25) is 0 Å². The lowest BCUT2D eigenvalue weighted by Crippen LogP contribution is -2.00. The molecule has 4 aromatic carbocycles. The lowest BCUT2D eigenvalue weighted by atomic mass is 10.0. The summed E-state index contributed by atoms with van der Waals surface area (Å²) in [6.07, 6.45) is 0. The predicted octanol–water partition coefficient (Wildman–Crippen LogP) is 8.02. The Kier molecular flexibility index (Phi) is 5.22. The number of benzene rings is 4.